The molecule has 2 rings (SSSR count). The minimum Gasteiger partial charge on any atom is -0.313 e. The second kappa shape index (κ2) is 7.87. The molecule has 0 aliphatic carbocycles. The number of hydrogen-bond donors (Lipinski definition) is 2. The summed E-state index contributed by atoms with van der Waals surface area (Å²) in [5.41, 5.74) is 0.975. The highest BCUT2D eigenvalue weighted by Gasteiger charge is 2.20. The lowest BCUT2D eigenvalue weighted by molar-refractivity contribution is 0.580. The van der Waals surface area contributed by atoms with Crippen molar-refractivity contribution in [3.05, 3.63) is 29.8 Å². The summed E-state index contributed by atoms with van der Waals surface area (Å²) in [7, 11) is -1.56. The van der Waals surface area contributed by atoms with Gasteiger partial charge >= 0.3 is 0 Å². The first kappa shape index (κ1) is 17.1. The van der Waals surface area contributed by atoms with Gasteiger partial charge in [0.05, 0.1) is 4.90 Å². The predicted molar refractivity (Wildman–Crippen MR) is 92.7 cm³/mol. The highest BCUT2D eigenvalue weighted by molar-refractivity contribution is 8.06. The molecule has 0 amide bonds. The van der Waals surface area contributed by atoms with E-state index in [4.69, 9.17) is 0 Å². The van der Waals surface area contributed by atoms with Gasteiger partial charge in [0.25, 0.3) is 0 Å². The fourth-order valence-electron chi connectivity index (χ4n) is 2.06. The lowest BCUT2D eigenvalue weighted by Crippen LogP contribution is -2.33. The van der Waals surface area contributed by atoms with Crippen LogP contribution in [0.2, 0.25) is 0 Å². The maximum Gasteiger partial charge on any atom is 0.240 e. The molecule has 1 fully saturated rings. The van der Waals surface area contributed by atoms with Crippen molar-refractivity contribution in [3.8, 4) is 0 Å². The van der Waals surface area contributed by atoms with Crippen molar-refractivity contribution >= 4 is 33.5 Å². The van der Waals surface area contributed by atoms with Crippen molar-refractivity contribution in [2.75, 3.05) is 30.9 Å². The summed E-state index contributed by atoms with van der Waals surface area (Å²) < 4.78 is 27.5. The van der Waals surface area contributed by atoms with E-state index in [2.05, 4.69) is 10.0 Å². The molecule has 7 heteroatoms. The monoisotopic (exact) mass is 346 g/mol. The lowest BCUT2D eigenvalue weighted by atomic mass is 10.1. The van der Waals surface area contributed by atoms with E-state index in [1.54, 1.807) is 18.2 Å². The summed E-state index contributed by atoms with van der Waals surface area (Å²) in [5.74, 6) is 3.29. The fraction of sp³-hybridized carbons (Fsp3) is 0.571. The molecule has 118 valence electrons. The average molecular weight is 347 g/mol. The molecule has 1 heterocycles. The number of nitrogens with one attached hydrogen (secondary N) is 2. The van der Waals surface area contributed by atoms with E-state index in [0.717, 1.165) is 22.8 Å². The van der Waals surface area contributed by atoms with Gasteiger partial charge in [-0.05, 0) is 31.7 Å². The van der Waals surface area contributed by atoms with E-state index in [1.165, 1.54) is 0 Å². The zero-order chi connectivity index (χ0) is 15.3. The van der Waals surface area contributed by atoms with E-state index >= 15 is 0 Å². The number of rotatable bonds is 6. The SMILES string of the molecule is CNC(C)c1cccc(S(=O)(=O)NCC2CSCCS2)c1. The topological polar surface area (TPSA) is 58.2 Å². The molecule has 1 saturated heterocycles. The third-order valence-corrected chi connectivity index (χ3v) is 7.75. The summed E-state index contributed by atoms with van der Waals surface area (Å²) in [6.07, 6.45) is 0. The van der Waals surface area contributed by atoms with Crippen LogP contribution in [0.25, 0.3) is 0 Å². The van der Waals surface area contributed by atoms with Gasteiger partial charge in [-0.15, -0.1) is 0 Å². The molecule has 0 bridgehead atoms. The van der Waals surface area contributed by atoms with Crippen LogP contribution in [0.5, 0.6) is 0 Å². The number of benzene rings is 1. The van der Waals surface area contributed by atoms with Gasteiger partial charge in [-0.2, -0.15) is 23.5 Å². The Kier molecular flexibility index (Phi) is 6.43. The minimum absolute atomic E-state index is 0.130. The summed E-state index contributed by atoms with van der Waals surface area (Å²) in [5, 5.41) is 3.50. The first-order valence-corrected chi connectivity index (χ1v) is 10.7. The molecule has 2 N–H and O–H groups in total. The molecular formula is C14H22N2O2S3. The fourth-order valence-corrected chi connectivity index (χ4v) is 5.91. The van der Waals surface area contributed by atoms with Crippen molar-refractivity contribution in [2.24, 2.45) is 0 Å². The summed E-state index contributed by atoms with van der Waals surface area (Å²) in [6.45, 7) is 2.51. The van der Waals surface area contributed by atoms with E-state index in [1.807, 2.05) is 43.6 Å². The van der Waals surface area contributed by atoms with Crippen molar-refractivity contribution in [1.29, 1.82) is 0 Å². The summed E-state index contributed by atoms with van der Waals surface area (Å²) in [4.78, 5) is 0.343. The van der Waals surface area contributed by atoms with Crippen LogP contribution >= 0.6 is 23.5 Å². The molecular weight excluding hydrogens is 324 g/mol. The van der Waals surface area contributed by atoms with Crippen LogP contribution in [0.15, 0.2) is 29.2 Å². The second-order valence-corrected chi connectivity index (χ2v) is 9.33. The van der Waals surface area contributed by atoms with Gasteiger partial charge in [-0.25, -0.2) is 13.1 Å². The van der Waals surface area contributed by atoms with Crippen LogP contribution in [0.4, 0.5) is 0 Å². The Bertz CT molecular complexity index is 557. The molecule has 1 aromatic carbocycles. The molecule has 21 heavy (non-hydrogen) atoms. The van der Waals surface area contributed by atoms with Gasteiger partial charge in [0.2, 0.25) is 10.0 Å². The molecule has 2 atom stereocenters. The Hall–Kier alpha value is -0.210. The maximum atomic E-state index is 12.4. The maximum absolute atomic E-state index is 12.4. The van der Waals surface area contributed by atoms with Gasteiger partial charge < -0.3 is 5.32 Å². The molecule has 1 aliphatic rings. The molecule has 0 radical (unpaired) electrons. The molecule has 1 aromatic rings. The third-order valence-electron chi connectivity index (χ3n) is 3.49. The van der Waals surface area contributed by atoms with Gasteiger partial charge in [0.15, 0.2) is 0 Å². The lowest BCUT2D eigenvalue weighted by Gasteiger charge is -2.21. The zero-order valence-electron chi connectivity index (χ0n) is 12.3. The largest absolute Gasteiger partial charge is 0.313 e. The van der Waals surface area contributed by atoms with Crippen LogP contribution < -0.4 is 10.0 Å². The average Bonchev–Trinajstić information content (AvgIpc) is 2.53. The van der Waals surface area contributed by atoms with Crippen LogP contribution in [-0.4, -0.2) is 44.5 Å². The number of thioether (sulfide) groups is 2. The van der Waals surface area contributed by atoms with Crippen molar-refractivity contribution < 1.29 is 8.42 Å². The molecule has 0 spiro atoms. The normalized spacial score (nSPS) is 21.1. The number of hydrogen-bond acceptors (Lipinski definition) is 5. The molecule has 2 unspecified atom stereocenters. The molecule has 0 saturated carbocycles. The van der Waals surface area contributed by atoms with Crippen LogP contribution in [0, 0.1) is 0 Å². The first-order chi connectivity index (χ1) is 10.0. The Morgan fingerprint density at radius 3 is 2.86 bits per heavy atom. The zero-order valence-corrected chi connectivity index (χ0v) is 14.8. The summed E-state index contributed by atoms with van der Waals surface area (Å²) in [6, 6.07) is 7.26. The van der Waals surface area contributed by atoms with E-state index < -0.39 is 10.0 Å². The van der Waals surface area contributed by atoms with Crippen LogP contribution in [0.3, 0.4) is 0 Å². The molecule has 1 aliphatic heterocycles. The Morgan fingerprint density at radius 1 is 1.38 bits per heavy atom. The predicted octanol–water partition coefficient (Wildman–Crippen LogP) is 2.09. The van der Waals surface area contributed by atoms with E-state index in [9.17, 15) is 8.42 Å². The number of sulfonamides is 1. The summed E-state index contributed by atoms with van der Waals surface area (Å²) >= 11 is 3.75. The smallest absolute Gasteiger partial charge is 0.240 e. The van der Waals surface area contributed by atoms with Gasteiger partial charge in [-0.1, -0.05) is 12.1 Å². The molecule has 0 aromatic heterocycles. The first-order valence-electron chi connectivity index (χ1n) is 6.99. The van der Waals surface area contributed by atoms with Crippen LogP contribution in [0.1, 0.15) is 18.5 Å². The van der Waals surface area contributed by atoms with Crippen molar-refractivity contribution in [2.45, 2.75) is 23.1 Å². The van der Waals surface area contributed by atoms with Crippen molar-refractivity contribution in [3.63, 3.8) is 0 Å². The third kappa shape index (κ3) is 4.89. The van der Waals surface area contributed by atoms with E-state index in [0.29, 0.717) is 16.7 Å². The standard InChI is InChI=1S/C14H22N2O2S3/c1-11(15-2)12-4-3-5-14(8-12)21(17,18)16-9-13-10-19-6-7-20-13/h3-5,8,11,13,15-16H,6-7,9-10H2,1-2H3. The van der Waals surface area contributed by atoms with Gasteiger partial charge in [0, 0.05) is 35.1 Å². The van der Waals surface area contributed by atoms with Crippen molar-refractivity contribution in [1.82, 2.24) is 10.0 Å². The highest BCUT2D eigenvalue weighted by Crippen LogP contribution is 2.24. The quantitative estimate of drug-likeness (QED) is 0.826. The van der Waals surface area contributed by atoms with Gasteiger partial charge in [0.1, 0.15) is 0 Å². The Morgan fingerprint density at radius 2 is 2.19 bits per heavy atom. The van der Waals surface area contributed by atoms with E-state index in [-0.39, 0.29) is 6.04 Å². The highest BCUT2D eigenvalue weighted by atomic mass is 32.2. The Labute approximate surface area is 135 Å². The Balaban J connectivity index is 2.04. The molecule has 4 nitrogen and oxygen atoms in total. The minimum atomic E-state index is -3.42. The van der Waals surface area contributed by atoms with Gasteiger partial charge in [-0.3, -0.25) is 0 Å². The van der Waals surface area contributed by atoms with Crippen LogP contribution in [-0.2, 0) is 10.0 Å². The second-order valence-electron chi connectivity index (χ2n) is 5.00.